The van der Waals surface area contributed by atoms with E-state index in [0.29, 0.717) is 5.92 Å². The number of hydrogen-bond acceptors (Lipinski definition) is 1. The summed E-state index contributed by atoms with van der Waals surface area (Å²) in [6.07, 6.45) is 12.1. The largest absolute Gasteiger partial charge is 0.456 e. The number of para-hydroxylation sites is 1. The molecule has 2 heteroatoms. The summed E-state index contributed by atoms with van der Waals surface area (Å²) < 4.78 is 8.79. The minimum Gasteiger partial charge on any atom is -0.456 e. The third kappa shape index (κ3) is 3.52. The van der Waals surface area contributed by atoms with E-state index in [9.17, 15) is 0 Å². The zero-order chi connectivity index (χ0) is 27.6. The Morgan fingerprint density at radius 2 is 1.43 bits per heavy atom. The van der Waals surface area contributed by atoms with Gasteiger partial charge in [-0.2, -0.15) is 0 Å². The summed E-state index contributed by atoms with van der Waals surface area (Å²) in [5, 5.41) is 2.51. The maximum atomic E-state index is 6.40. The highest BCUT2D eigenvalue weighted by molar-refractivity contribution is 6.10. The van der Waals surface area contributed by atoms with Crippen molar-refractivity contribution in [1.82, 2.24) is 4.57 Å². The van der Waals surface area contributed by atoms with Crippen LogP contribution in [0.1, 0.15) is 12.0 Å². The highest BCUT2D eigenvalue weighted by atomic mass is 16.5. The molecule has 2 nitrogen and oxygen atoms in total. The third-order valence-corrected chi connectivity index (χ3v) is 8.90. The van der Waals surface area contributed by atoms with Crippen LogP contribution in [0.3, 0.4) is 0 Å². The molecule has 0 saturated carbocycles. The van der Waals surface area contributed by atoms with Crippen LogP contribution in [-0.4, -0.2) is 4.57 Å². The Hall–Kier alpha value is -5.34. The SMILES string of the molecule is C1=CC2CC=CC3=C2C(=C1)Oc1ccc(-c2ccc4c(c2)c2ccccc2n4-c2cccc(-c4ccccc4)c2)cc13. The molecule has 1 unspecified atom stereocenters. The number of benzene rings is 5. The zero-order valence-corrected chi connectivity index (χ0v) is 23.0. The molecule has 2 heterocycles. The topological polar surface area (TPSA) is 14.2 Å². The quantitative estimate of drug-likeness (QED) is 0.219. The molecule has 0 radical (unpaired) electrons. The Morgan fingerprint density at radius 3 is 2.38 bits per heavy atom. The predicted molar refractivity (Wildman–Crippen MR) is 174 cm³/mol. The standard InChI is InChI=1S/C40H27NO/c1-2-9-26(10-3-1)28-13-6-14-31(23-28)41-36-17-5-4-15-32(36)34-24-29(19-21-37(34)41)30-20-22-38-35(25-30)33-16-7-11-27-12-8-18-39(42-38)40(27)33/h1-10,12-25,27H,11H2. The average Bonchev–Trinajstić information content (AvgIpc) is 3.39. The van der Waals surface area contributed by atoms with Crippen molar-refractivity contribution in [1.29, 1.82) is 0 Å². The summed E-state index contributed by atoms with van der Waals surface area (Å²) in [5.74, 6) is 2.32. The van der Waals surface area contributed by atoms with Crippen LogP contribution in [0.2, 0.25) is 0 Å². The summed E-state index contributed by atoms with van der Waals surface area (Å²) >= 11 is 0. The molecular weight excluding hydrogens is 510 g/mol. The second kappa shape index (κ2) is 9.09. The van der Waals surface area contributed by atoms with E-state index < -0.39 is 0 Å². The molecule has 0 saturated heterocycles. The smallest absolute Gasteiger partial charge is 0.135 e. The molecule has 42 heavy (non-hydrogen) atoms. The fourth-order valence-corrected chi connectivity index (χ4v) is 6.93. The second-order valence-electron chi connectivity index (χ2n) is 11.3. The molecular formula is C40H27NO. The monoisotopic (exact) mass is 537 g/mol. The molecule has 0 spiro atoms. The molecule has 0 bridgehead atoms. The van der Waals surface area contributed by atoms with Crippen LogP contribution < -0.4 is 4.74 Å². The number of hydrogen-bond donors (Lipinski definition) is 0. The van der Waals surface area contributed by atoms with Gasteiger partial charge in [0, 0.05) is 33.5 Å². The van der Waals surface area contributed by atoms with E-state index in [2.05, 4.69) is 150 Å². The van der Waals surface area contributed by atoms with Gasteiger partial charge in [0.05, 0.1) is 11.0 Å². The summed E-state index contributed by atoms with van der Waals surface area (Å²) in [6, 6.07) is 41.7. The maximum absolute atomic E-state index is 6.40. The van der Waals surface area contributed by atoms with Gasteiger partial charge in [0.25, 0.3) is 0 Å². The molecule has 3 aliphatic rings. The Morgan fingerprint density at radius 1 is 0.643 bits per heavy atom. The summed E-state index contributed by atoms with van der Waals surface area (Å²) in [4.78, 5) is 0. The fraction of sp³-hybridized carbons (Fsp3) is 0.0500. The lowest BCUT2D eigenvalue weighted by atomic mass is 9.79. The van der Waals surface area contributed by atoms with Gasteiger partial charge in [0.15, 0.2) is 0 Å². The van der Waals surface area contributed by atoms with Crippen molar-refractivity contribution >= 4 is 27.4 Å². The molecule has 6 aromatic rings. The molecule has 0 fully saturated rings. The van der Waals surface area contributed by atoms with Gasteiger partial charge in [0.2, 0.25) is 0 Å². The molecule has 1 aromatic heterocycles. The first-order valence-electron chi connectivity index (χ1n) is 14.6. The number of ether oxygens (including phenoxy) is 1. The Labute approximate surface area is 244 Å². The van der Waals surface area contributed by atoms with Crippen LogP contribution >= 0.6 is 0 Å². The van der Waals surface area contributed by atoms with Gasteiger partial charge >= 0.3 is 0 Å². The van der Waals surface area contributed by atoms with Crippen molar-refractivity contribution in [3.05, 3.63) is 163 Å². The second-order valence-corrected chi connectivity index (χ2v) is 11.3. The van der Waals surface area contributed by atoms with Gasteiger partial charge in [-0.1, -0.05) is 97.1 Å². The van der Waals surface area contributed by atoms with Gasteiger partial charge in [-0.25, -0.2) is 0 Å². The average molecular weight is 538 g/mol. The van der Waals surface area contributed by atoms with Crippen LogP contribution in [0.15, 0.2) is 157 Å². The Bertz CT molecular complexity index is 2190. The van der Waals surface area contributed by atoms with E-state index in [4.69, 9.17) is 4.74 Å². The molecule has 0 amide bonds. The van der Waals surface area contributed by atoms with Crippen molar-refractivity contribution in [2.45, 2.75) is 6.42 Å². The number of aromatic nitrogens is 1. The predicted octanol–water partition coefficient (Wildman–Crippen LogP) is 10.3. The highest BCUT2D eigenvalue weighted by Gasteiger charge is 2.31. The minimum absolute atomic E-state index is 0.393. The number of nitrogens with zero attached hydrogens (tertiary/aromatic N) is 1. The number of rotatable bonds is 3. The molecule has 9 rings (SSSR count). The van der Waals surface area contributed by atoms with E-state index in [0.717, 1.165) is 17.9 Å². The van der Waals surface area contributed by atoms with E-state index in [1.807, 2.05) is 0 Å². The van der Waals surface area contributed by atoms with Crippen LogP contribution in [0.4, 0.5) is 0 Å². The lowest BCUT2D eigenvalue weighted by Crippen LogP contribution is -2.18. The summed E-state index contributed by atoms with van der Waals surface area (Å²) in [7, 11) is 0. The third-order valence-electron chi connectivity index (χ3n) is 8.90. The minimum atomic E-state index is 0.393. The fourth-order valence-electron chi connectivity index (χ4n) is 6.93. The maximum Gasteiger partial charge on any atom is 0.135 e. The molecule has 5 aromatic carbocycles. The summed E-state index contributed by atoms with van der Waals surface area (Å²) in [6.45, 7) is 0. The van der Waals surface area contributed by atoms with E-state index in [1.165, 1.54) is 66.5 Å². The van der Waals surface area contributed by atoms with Crippen molar-refractivity contribution in [3.63, 3.8) is 0 Å². The van der Waals surface area contributed by atoms with Gasteiger partial charge in [-0.15, -0.1) is 0 Å². The first-order valence-corrected chi connectivity index (χ1v) is 14.6. The van der Waals surface area contributed by atoms with Crippen LogP contribution in [-0.2, 0) is 0 Å². The first-order chi connectivity index (χ1) is 20.8. The van der Waals surface area contributed by atoms with Crippen molar-refractivity contribution in [2.24, 2.45) is 5.92 Å². The lowest BCUT2D eigenvalue weighted by molar-refractivity contribution is 0.415. The van der Waals surface area contributed by atoms with Crippen LogP contribution in [0.5, 0.6) is 5.75 Å². The van der Waals surface area contributed by atoms with E-state index >= 15 is 0 Å². The van der Waals surface area contributed by atoms with Crippen LogP contribution in [0.25, 0.3) is 55.3 Å². The van der Waals surface area contributed by atoms with Gasteiger partial charge in [-0.3, -0.25) is 0 Å². The normalized spacial score (nSPS) is 16.8. The van der Waals surface area contributed by atoms with E-state index in [1.54, 1.807) is 0 Å². The van der Waals surface area contributed by atoms with Crippen LogP contribution in [0, 0.1) is 5.92 Å². The Balaban J connectivity index is 1.20. The zero-order valence-electron chi connectivity index (χ0n) is 23.0. The van der Waals surface area contributed by atoms with Gasteiger partial charge < -0.3 is 9.30 Å². The molecule has 0 N–H and O–H groups in total. The first kappa shape index (κ1) is 23.4. The van der Waals surface area contributed by atoms with Crippen molar-refractivity contribution in [3.8, 4) is 33.7 Å². The molecule has 1 aliphatic heterocycles. The number of allylic oxidation sites excluding steroid dienone is 7. The highest BCUT2D eigenvalue weighted by Crippen LogP contribution is 2.47. The molecule has 198 valence electrons. The van der Waals surface area contributed by atoms with Gasteiger partial charge in [0.1, 0.15) is 11.5 Å². The van der Waals surface area contributed by atoms with E-state index in [-0.39, 0.29) is 0 Å². The molecule has 2 aliphatic carbocycles. The Kier molecular flexibility index (Phi) is 5.06. The molecule has 1 atom stereocenters. The number of fused-ring (bicyclic) bond motifs is 5. The summed E-state index contributed by atoms with van der Waals surface area (Å²) in [5.41, 5.74) is 12.2. The van der Waals surface area contributed by atoms with Gasteiger partial charge in [-0.05, 0) is 82.8 Å². The lowest BCUT2D eigenvalue weighted by Gasteiger charge is -2.32. The van der Waals surface area contributed by atoms with Crippen molar-refractivity contribution in [2.75, 3.05) is 0 Å². The van der Waals surface area contributed by atoms with Crippen molar-refractivity contribution < 1.29 is 4.74 Å².